The van der Waals surface area contributed by atoms with Crippen LogP contribution in [0.15, 0.2) is 72.3 Å². The largest absolute Gasteiger partial charge is 0.507 e. The molecule has 176 valence electrons. The zero-order valence-electron chi connectivity index (χ0n) is 19.0. The maximum Gasteiger partial charge on any atom is 0.301 e. The van der Waals surface area contributed by atoms with Crippen molar-refractivity contribution in [3.63, 3.8) is 0 Å². The van der Waals surface area contributed by atoms with Gasteiger partial charge in [-0.05, 0) is 47.9 Å². The molecular formula is C27H21ClN2O4S. The summed E-state index contributed by atoms with van der Waals surface area (Å²) < 4.78 is 6.07. The van der Waals surface area contributed by atoms with E-state index < -0.39 is 17.7 Å². The van der Waals surface area contributed by atoms with Gasteiger partial charge in [-0.2, -0.15) is 0 Å². The van der Waals surface area contributed by atoms with E-state index in [1.165, 1.54) is 23.3 Å². The fourth-order valence-electron chi connectivity index (χ4n) is 4.20. The third-order valence-corrected chi connectivity index (χ3v) is 7.29. The lowest BCUT2D eigenvalue weighted by Gasteiger charge is -2.23. The number of nitrogens with zero attached hydrogens (tertiary/aromatic N) is 2. The van der Waals surface area contributed by atoms with Crippen LogP contribution in [0.1, 0.15) is 29.7 Å². The summed E-state index contributed by atoms with van der Waals surface area (Å²) in [5.41, 5.74) is 2.87. The molecule has 0 aliphatic carbocycles. The Morgan fingerprint density at radius 3 is 2.60 bits per heavy atom. The molecular weight excluding hydrogens is 484 g/mol. The van der Waals surface area contributed by atoms with Crippen LogP contribution in [0.2, 0.25) is 5.02 Å². The van der Waals surface area contributed by atoms with Crippen molar-refractivity contribution < 1.29 is 19.4 Å². The molecule has 0 spiro atoms. The highest BCUT2D eigenvalue weighted by Crippen LogP contribution is 2.44. The second-order valence-corrected chi connectivity index (χ2v) is 9.55. The summed E-state index contributed by atoms with van der Waals surface area (Å²) >= 11 is 7.41. The van der Waals surface area contributed by atoms with Crippen molar-refractivity contribution in [3.05, 3.63) is 94.0 Å². The molecule has 6 nitrogen and oxygen atoms in total. The summed E-state index contributed by atoms with van der Waals surface area (Å²) in [6, 6.07) is 18.9. The fraction of sp³-hybridized carbons (Fsp3) is 0.148. The van der Waals surface area contributed by atoms with E-state index in [1.807, 2.05) is 24.3 Å². The number of aliphatic hydroxyl groups is 1. The molecule has 0 bridgehead atoms. The molecule has 3 aromatic carbocycles. The number of carbonyl (C=O) groups excluding carboxylic acids is 2. The van der Waals surface area contributed by atoms with Gasteiger partial charge < -0.3 is 9.84 Å². The lowest BCUT2D eigenvalue weighted by atomic mass is 9.94. The van der Waals surface area contributed by atoms with Gasteiger partial charge in [0.1, 0.15) is 11.5 Å². The van der Waals surface area contributed by atoms with Crippen molar-refractivity contribution in [3.8, 4) is 5.75 Å². The number of aromatic nitrogens is 1. The average molecular weight is 505 g/mol. The van der Waals surface area contributed by atoms with Crippen LogP contribution in [0.4, 0.5) is 5.13 Å². The number of hydrogen-bond acceptors (Lipinski definition) is 6. The minimum absolute atomic E-state index is 0.00444. The zero-order chi connectivity index (χ0) is 24.7. The third-order valence-electron chi connectivity index (χ3n) is 6.04. The molecule has 0 saturated carbocycles. The van der Waals surface area contributed by atoms with Gasteiger partial charge in [-0.1, -0.05) is 66.3 Å². The number of rotatable bonds is 5. The van der Waals surface area contributed by atoms with E-state index >= 15 is 0 Å². The number of halogens is 1. The van der Waals surface area contributed by atoms with Gasteiger partial charge in [-0.15, -0.1) is 0 Å². The number of aliphatic hydroxyl groups excluding tert-OH is 1. The molecule has 1 atom stereocenters. The zero-order valence-corrected chi connectivity index (χ0v) is 20.6. The van der Waals surface area contributed by atoms with Crippen molar-refractivity contribution in [2.45, 2.75) is 19.4 Å². The number of hydrogen-bond donors (Lipinski definition) is 1. The molecule has 1 aromatic heterocycles. The number of carbonyl (C=O) groups is 2. The summed E-state index contributed by atoms with van der Waals surface area (Å²) in [7, 11) is 1.52. The highest BCUT2D eigenvalue weighted by atomic mass is 35.5. The molecule has 5 rings (SSSR count). The normalized spacial score (nSPS) is 17.3. The minimum Gasteiger partial charge on any atom is -0.507 e. The number of fused-ring (bicyclic) bond motifs is 1. The molecule has 35 heavy (non-hydrogen) atoms. The van der Waals surface area contributed by atoms with Crippen LogP contribution in [0, 0.1) is 0 Å². The fourth-order valence-corrected chi connectivity index (χ4v) is 5.46. The molecule has 8 heteroatoms. The number of Topliss-reactive ketones (excluding diaryl/α,β-unsaturated/α-hetero) is 1. The van der Waals surface area contributed by atoms with Gasteiger partial charge >= 0.3 is 5.91 Å². The molecule has 1 N–H and O–H groups in total. The number of ketones is 1. The number of anilines is 1. The van der Waals surface area contributed by atoms with Crippen LogP contribution in [0.5, 0.6) is 5.75 Å². The predicted molar refractivity (Wildman–Crippen MR) is 138 cm³/mol. The van der Waals surface area contributed by atoms with Crippen LogP contribution in [0.25, 0.3) is 16.0 Å². The summed E-state index contributed by atoms with van der Waals surface area (Å²) in [5.74, 6) is -1.26. The smallest absolute Gasteiger partial charge is 0.301 e. The SMILES string of the molecule is CCc1ccc(C2/C(=C(\O)c3cccc(OC)c3)C(=O)C(=O)N2c2nc3ccc(Cl)cc3s2)cc1. The number of thiazole rings is 1. The Balaban J connectivity index is 1.72. The van der Waals surface area contributed by atoms with Crippen LogP contribution in [-0.2, 0) is 16.0 Å². The molecule has 1 amide bonds. The topological polar surface area (TPSA) is 79.7 Å². The number of methoxy groups -OCH3 is 1. The highest BCUT2D eigenvalue weighted by Gasteiger charge is 2.48. The van der Waals surface area contributed by atoms with Gasteiger partial charge in [0, 0.05) is 10.6 Å². The number of amides is 1. The summed E-state index contributed by atoms with van der Waals surface area (Å²) in [6.07, 6.45) is 0.850. The van der Waals surface area contributed by atoms with E-state index in [-0.39, 0.29) is 11.3 Å². The van der Waals surface area contributed by atoms with E-state index in [2.05, 4.69) is 11.9 Å². The summed E-state index contributed by atoms with van der Waals surface area (Å²) in [5, 5.41) is 12.2. The summed E-state index contributed by atoms with van der Waals surface area (Å²) in [6.45, 7) is 2.05. The van der Waals surface area contributed by atoms with Crippen LogP contribution in [-0.4, -0.2) is 28.9 Å². The first kappa shape index (κ1) is 23.1. The number of benzene rings is 3. The van der Waals surface area contributed by atoms with Crippen molar-refractivity contribution in [1.29, 1.82) is 0 Å². The van der Waals surface area contributed by atoms with Crippen LogP contribution >= 0.6 is 22.9 Å². The Morgan fingerprint density at radius 2 is 1.89 bits per heavy atom. The second-order valence-electron chi connectivity index (χ2n) is 8.10. The van der Waals surface area contributed by atoms with Gasteiger partial charge in [0.25, 0.3) is 5.78 Å². The standard InChI is InChI=1S/C27H21ClN2O4S/c1-3-15-7-9-16(10-8-15)23-22(24(31)17-5-4-6-19(13-17)34-2)25(32)26(33)30(23)27-29-20-12-11-18(28)14-21(20)35-27/h4-14,23,31H,3H2,1-2H3/b24-22+. The first-order chi connectivity index (χ1) is 16.9. The molecule has 1 saturated heterocycles. The predicted octanol–water partition coefficient (Wildman–Crippen LogP) is 6.15. The molecule has 2 heterocycles. The molecule has 1 unspecified atom stereocenters. The monoisotopic (exact) mass is 504 g/mol. The maximum absolute atomic E-state index is 13.4. The van der Waals surface area contributed by atoms with Crippen molar-refractivity contribution in [2.24, 2.45) is 0 Å². The first-order valence-corrected chi connectivity index (χ1v) is 12.2. The molecule has 1 fully saturated rings. The minimum atomic E-state index is -0.844. The Morgan fingerprint density at radius 1 is 1.11 bits per heavy atom. The van der Waals surface area contributed by atoms with Crippen molar-refractivity contribution >= 4 is 55.7 Å². The van der Waals surface area contributed by atoms with E-state index in [4.69, 9.17) is 16.3 Å². The van der Waals surface area contributed by atoms with Crippen LogP contribution < -0.4 is 9.64 Å². The Kier molecular flexibility index (Phi) is 6.05. The van der Waals surface area contributed by atoms with E-state index in [0.717, 1.165) is 16.7 Å². The van der Waals surface area contributed by atoms with Gasteiger partial charge in [0.15, 0.2) is 5.13 Å². The lowest BCUT2D eigenvalue weighted by Crippen LogP contribution is -2.29. The lowest BCUT2D eigenvalue weighted by molar-refractivity contribution is -0.132. The Labute approximate surface area is 211 Å². The number of aryl methyl sites for hydroxylation is 1. The molecule has 4 aromatic rings. The Bertz CT molecular complexity index is 1490. The van der Waals surface area contributed by atoms with Crippen LogP contribution in [0.3, 0.4) is 0 Å². The van der Waals surface area contributed by atoms with Gasteiger partial charge in [0.05, 0.1) is 28.9 Å². The molecule has 1 aliphatic rings. The number of ether oxygens (including phenoxy) is 1. The average Bonchev–Trinajstić information content (AvgIpc) is 3.41. The van der Waals surface area contributed by atoms with Crippen molar-refractivity contribution in [1.82, 2.24) is 4.98 Å². The van der Waals surface area contributed by atoms with Gasteiger partial charge in [0.2, 0.25) is 0 Å². The van der Waals surface area contributed by atoms with E-state index in [0.29, 0.717) is 32.5 Å². The van der Waals surface area contributed by atoms with Gasteiger partial charge in [-0.3, -0.25) is 14.5 Å². The highest BCUT2D eigenvalue weighted by molar-refractivity contribution is 7.22. The Hall–Kier alpha value is -3.68. The van der Waals surface area contributed by atoms with Gasteiger partial charge in [-0.25, -0.2) is 4.98 Å². The van der Waals surface area contributed by atoms with E-state index in [1.54, 1.807) is 42.5 Å². The van der Waals surface area contributed by atoms with Crippen molar-refractivity contribution in [2.75, 3.05) is 12.0 Å². The third kappa shape index (κ3) is 4.07. The van der Waals surface area contributed by atoms with E-state index in [9.17, 15) is 14.7 Å². The molecule has 1 aliphatic heterocycles. The molecule has 0 radical (unpaired) electrons. The first-order valence-electron chi connectivity index (χ1n) is 11.0. The quantitative estimate of drug-likeness (QED) is 0.200. The maximum atomic E-state index is 13.4. The summed E-state index contributed by atoms with van der Waals surface area (Å²) in [4.78, 5) is 32.7. The second kappa shape index (κ2) is 9.17.